The number of hydrogen-bond acceptors (Lipinski definition) is 6. The van der Waals surface area contributed by atoms with Gasteiger partial charge in [0.2, 0.25) is 5.88 Å². The van der Waals surface area contributed by atoms with Crippen LogP contribution in [0, 0.1) is 11.8 Å². The van der Waals surface area contributed by atoms with Crippen LogP contribution in [-0.2, 0) is 16.6 Å². The van der Waals surface area contributed by atoms with Gasteiger partial charge in [0.1, 0.15) is 0 Å². The van der Waals surface area contributed by atoms with Gasteiger partial charge < -0.3 is 14.4 Å². The number of aryl methyl sites for hydroxylation is 1. The Morgan fingerprint density at radius 2 is 2.07 bits per heavy atom. The molecule has 1 amide bonds. The lowest BCUT2D eigenvalue weighted by Gasteiger charge is -2.42. The molecule has 170 valence electrons. The highest BCUT2D eigenvalue weighted by molar-refractivity contribution is 7.96. The molecular formula is C22H38N4O3S. The van der Waals surface area contributed by atoms with Gasteiger partial charge in [0.15, 0.2) is 6.61 Å². The fourth-order valence-electron chi connectivity index (χ4n) is 4.71. The quantitative estimate of drug-likeness (QED) is 0.597. The second kappa shape index (κ2) is 11.4. The Morgan fingerprint density at radius 3 is 2.70 bits per heavy atom. The van der Waals surface area contributed by atoms with E-state index in [4.69, 9.17) is 9.47 Å². The van der Waals surface area contributed by atoms with E-state index in [9.17, 15) is 4.79 Å². The number of ether oxygens (including phenoxy) is 2. The second-order valence-electron chi connectivity index (χ2n) is 8.96. The van der Waals surface area contributed by atoms with Crippen molar-refractivity contribution in [2.75, 3.05) is 26.0 Å². The van der Waals surface area contributed by atoms with E-state index in [0.717, 1.165) is 44.1 Å². The van der Waals surface area contributed by atoms with Gasteiger partial charge in [-0.3, -0.25) is 14.2 Å². The van der Waals surface area contributed by atoms with Crippen LogP contribution in [0.1, 0.15) is 52.4 Å². The molecule has 0 bridgehead atoms. The number of carbonyl (C=O) groups is 1. The minimum atomic E-state index is 0.00497. The summed E-state index contributed by atoms with van der Waals surface area (Å²) >= 11 is 1.62. The number of nitrogens with zero attached hydrogens (tertiary/aromatic N) is 3. The van der Waals surface area contributed by atoms with E-state index in [1.54, 1.807) is 22.7 Å². The van der Waals surface area contributed by atoms with Crippen LogP contribution >= 0.6 is 11.9 Å². The van der Waals surface area contributed by atoms with Gasteiger partial charge in [-0.2, -0.15) is 0 Å². The number of amides is 1. The highest BCUT2D eigenvalue weighted by atomic mass is 32.2. The van der Waals surface area contributed by atoms with Crippen LogP contribution in [0.2, 0.25) is 0 Å². The zero-order valence-corrected chi connectivity index (χ0v) is 19.7. The SMILES string of the molecule is CSN[C@H]1CCCN(C(=O)COc2ccn(C)n2)[C@H]1COC1CCC(C(C)C)CC1. The molecule has 2 aliphatic rings. The third kappa shape index (κ3) is 6.37. The van der Waals surface area contributed by atoms with Crippen molar-refractivity contribution in [2.24, 2.45) is 18.9 Å². The number of rotatable bonds is 9. The van der Waals surface area contributed by atoms with Crippen molar-refractivity contribution >= 4 is 17.9 Å². The summed E-state index contributed by atoms with van der Waals surface area (Å²) in [5.41, 5.74) is 0. The molecule has 2 heterocycles. The topological polar surface area (TPSA) is 68.6 Å². The maximum atomic E-state index is 13.0. The van der Waals surface area contributed by atoms with E-state index in [2.05, 4.69) is 23.7 Å². The number of aromatic nitrogens is 2. The summed E-state index contributed by atoms with van der Waals surface area (Å²) in [5, 5.41) is 4.19. The van der Waals surface area contributed by atoms with Crippen LogP contribution in [0.3, 0.4) is 0 Å². The van der Waals surface area contributed by atoms with E-state index in [1.807, 2.05) is 24.4 Å². The smallest absolute Gasteiger partial charge is 0.260 e. The molecule has 8 heteroatoms. The van der Waals surface area contributed by atoms with Gasteiger partial charge >= 0.3 is 0 Å². The number of hydrogen-bond donors (Lipinski definition) is 1. The van der Waals surface area contributed by atoms with Crippen molar-refractivity contribution in [1.82, 2.24) is 19.4 Å². The van der Waals surface area contributed by atoms with Crippen molar-refractivity contribution in [1.29, 1.82) is 0 Å². The van der Waals surface area contributed by atoms with E-state index in [-0.39, 0.29) is 24.6 Å². The van der Waals surface area contributed by atoms with Crippen molar-refractivity contribution in [3.63, 3.8) is 0 Å². The largest absolute Gasteiger partial charge is 0.467 e. The van der Waals surface area contributed by atoms with Crippen LogP contribution in [0.25, 0.3) is 0 Å². The maximum absolute atomic E-state index is 13.0. The Balaban J connectivity index is 1.56. The molecule has 0 unspecified atom stereocenters. The van der Waals surface area contributed by atoms with Crippen LogP contribution in [0.4, 0.5) is 0 Å². The molecule has 1 saturated heterocycles. The molecule has 0 aromatic carbocycles. The first-order valence-electron chi connectivity index (χ1n) is 11.3. The molecule has 1 N–H and O–H groups in total. The highest BCUT2D eigenvalue weighted by Gasteiger charge is 2.35. The van der Waals surface area contributed by atoms with Gasteiger partial charge in [0.25, 0.3) is 5.91 Å². The number of likely N-dealkylation sites (tertiary alicyclic amines) is 1. The summed E-state index contributed by atoms with van der Waals surface area (Å²) in [4.78, 5) is 14.9. The predicted octanol–water partition coefficient (Wildman–Crippen LogP) is 3.26. The van der Waals surface area contributed by atoms with Crippen LogP contribution in [0.5, 0.6) is 5.88 Å². The normalized spacial score (nSPS) is 27.4. The standard InChI is InChI=1S/C22H38N4O3S/c1-16(2)17-7-9-18(10-8-17)28-14-20-19(24-30-4)6-5-12-26(20)22(27)15-29-21-11-13-25(3)23-21/h11,13,16-20,24H,5-10,12,14-15H2,1-4H3/t17?,18?,19-,20-/m0/s1. The van der Waals surface area contributed by atoms with Gasteiger partial charge in [-0.05, 0) is 56.6 Å². The zero-order chi connectivity index (χ0) is 21.5. The molecule has 0 spiro atoms. The minimum Gasteiger partial charge on any atom is -0.467 e. The molecule has 1 aliphatic heterocycles. The molecule has 30 heavy (non-hydrogen) atoms. The number of nitrogens with one attached hydrogen (secondary N) is 1. The first-order chi connectivity index (χ1) is 14.5. The second-order valence-corrected chi connectivity index (χ2v) is 9.60. The van der Waals surface area contributed by atoms with Crippen LogP contribution < -0.4 is 9.46 Å². The van der Waals surface area contributed by atoms with Crippen molar-refractivity contribution in [2.45, 2.75) is 70.6 Å². The lowest BCUT2D eigenvalue weighted by atomic mass is 9.80. The fraction of sp³-hybridized carbons (Fsp3) is 0.818. The Hall–Kier alpha value is -1.25. The molecule has 1 aromatic rings. The molecule has 1 aliphatic carbocycles. The van der Waals surface area contributed by atoms with Gasteiger partial charge in [-0.1, -0.05) is 25.8 Å². The summed E-state index contributed by atoms with van der Waals surface area (Å²) in [5.74, 6) is 2.07. The summed E-state index contributed by atoms with van der Waals surface area (Å²) in [6, 6.07) is 2.05. The van der Waals surface area contributed by atoms with E-state index in [1.165, 1.54) is 12.8 Å². The Bertz CT molecular complexity index is 659. The van der Waals surface area contributed by atoms with Gasteiger partial charge in [-0.25, -0.2) is 0 Å². The van der Waals surface area contributed by atoms with E-state index in [0.29, 0.717) is 18.6 Å². The number of carbonyl (C=O) groups excluding carboxylic acids is 1. The van der Waals surface area contributed by atoms with E-state index < -0.39 is 0 Å². The minimum absolute atomic E-state index is 0.00497. The summed E-state index contributed by atoms with van der Waals surface area (Å²) in [6.45, 7) is 6.00. The van der Waals surface area contributed by atoms with E-state index >= 15 is 0 Å². The lowest BCUT2D eigenvalue weighted by Crippen LogP contribution is -2.58. The summed E-state index contributed by atoms with van der Waals surface area (Å²) < 4.78 is 17.2. The third-order valence-corrected chi connectivity index (χ3v) is 7.10. The fourth-order valence-corrected chi connectivity index (χ4v) is 5.29. The predicted molar refractivity (Wildman–Crippen MR) is 120 cm³/mol. The summed E-state index contributed by atoms with van der Waals surface area (Å²) in [6.07, 6.45) is 11.0. The number of piperidine rings is 1. The van der Waals surface area contributed by atoms with Crippen LogP contribution in [0.15, 0.2) is 12.3 Å². The highest BCUT2D eigenvalue weighted by Crippen LogP contribution is 2.32. The summed E-state index contributed by atoms with van der Waals surface area (Å²) in [7, 11) is 1.83. The molecule has 2 atom stereocenters. The molecule has 0 radical (unpaired) electrons. The molecule has 2 fully saturated rings. The van der Waals surface area contributed by atoms with Crippen LogP contribution in [-0.4, -0.2) is 64.8 Å². The average molecular weight is 439 g/mol. The Kier molecular flexibility index (Phi) is 8.89. The average Bonchev–Trinajstić information content (AvgIpc) is 3.16. The monoisotopic (exact) mass is 438 g/mol. The lowest BCUT2D eigenvalue weighted by molar-refractivity contribution is -0.140. The zero-order valence-electron chi connectivity index (χ0n) is 18.9. The van der Waals surface area contributed by atoms with Gasteiger partial charge in [0.05, 0.1) is 18.8 Å². The molecule has 1 aromatic heterocycles. The Morgan fingerprint density at radius 1 is 1.30 bits per heavy atom. The Labute approximate surface area is 185 Å². The van der Waals surface area contributed by atoms with Crippen molar-refractivity contribution in [3.05, 3.63) is 12.3 Å². The molecular weight excluding hydrogens is 400 g/mol. The third-order valence-electron chi connectivity index (χ3n) is 6.57. The molecule has 3 rings (SSSR count). The van der Waals surface area contributed by atoms with Crippen molar-refractivity contribution in [3.8, 4) is 5.88 Å². The van der Waals surface area contributed by atoms with Crippen molar-refractivity contribution < 1.29 is 14.3 Å². The van der Waals surface area contributed by atoms with Gasteiger partial charge in [0, 0.05) is 31.9 Å². The maximum Gasteiger partial charge on any atom is 0.260 e. The first-order valence-corrected chi connectivity index (χ1v) is 12.5. The van der Waals surface area contributed by atoms with Gasteiger partial charge in [-0.15, -0.1) is 5.10 Å². The molecule has 7 nitrogen and oxygen atoms in total. The first kappa shape index (κ1) is 23.4. The molecule has 1 saturated carbocycles.